The molecule has 0 aliphatic carbocycles. The molecule has 1 aliphatic rings. The van der Waals surface area contributed by atoms with Crippen molar-refractivity contribution in [3.63, 3.8) is 0 Å². The van der Waals surface area contributed by atoms with Gasteiger partial charge in [-0.3, -0.25) is 9.36 Å². The molecule has 0 radical (unpaired) electrons. The number of aliphatic hydroxyl groups excluding tert-OH is 1. The van der Waals surface area contributed by atoms with E-state index in [1.807, 2.05) is 6.07 Å². The fraction of sp³-hybridized carbons (Fsp3) is 0.621. The van der Waals surface area contributed by atoms with Gasteiger partial charge in [0.2, 0.25) is 0 Å². The van der Waals surface area contributed by atoms with E-state index in [4.69, 9.17) is 13.6 Å². The normalized spacial score (nSPS) is 20.5. The van der Waals surface area contributed by atoms with Gasteiger partial charge in [0.1, 0.15) is 18.1 Å². The molecule has 1 aliphatic heterocycles. The molecular weight excluding hydrogens is 543 g/mol. The van der Waals surface area contributed by atoms with Crippen LogP contribution in [-0.4, -0.2) is 56.0 Å². The highest BCUT2D eigenvalue weighted by Crippen LogP contribution is 2.42. The summed E-state index contributed by atoms with van der Waals surface area (Å²) in [6, 6.07) is 8.63. The molecule has 2 N–H and O–H groups in total. The van der Waals surface area contributed by atoms with Crippen molar-refractivity contribution in [3.8, 4) is 0 Å². The van der Waals surface area contributed by atoms with Crippen LogP contribution in [0, 0.1) is 0 Å². The minimum Gasteiger partial charge on any atom is -0.414 e. The first kappa shape index (κ1) is 32.4. The smallest absolute Gasteiger partial charge is 0.351 e. The molecule has 1 amide bonds. The first-order chi connectivity index (χ1) is 18.4. The molecule has 0 unspecified atom stereocenters. The zero-order valence-electron chi connectivity index (χ0n) is 25.7. The van der Waals surface area contributed by atoms with Crippen LogP contribution < -0.4 is 11.0 Å². The number of nitrogens with zero attached hydrogens (tertiary/aromatic N) is 2. The predicted molar refractivity (Wildman–Crippen MR) is 163 cm³/mol. The number of rotatable bonds is 9. The predicted octanol–water partition coefficient (Wildman–Crippen LogP) is 5.69. The second-order valence-corrected chi connectivity index (χ2v) is 23.2. The molecule has 2 aromatic rings. The Hall–Kier alpha value is -2.16. The number of aromatic nitrogens is 2. The number of ether oxygens (including phenoxy) is 1. The molecule has 1 saturated heterocycles. The summed E-state index contributed by atoms with van der Waals surface area (Å²) in [7, 11) is -4.21. The van der Waals surface area contributed by atoms with Gasteiger partial charge < -0.3 is 24.0 Å². The Kier molecular flexibility index (Phi) is 9.70. The average molecular weight is 590 g/mol. The van der Waals surface area contributed by atoms with E-state index in [0.29, 0.717) is 24.2 Å². The Morgan fingerprint density at radius 1 is 1.07 bits per heavy atom. The first-order valence-electron chi connectivity index (χ1n) is 13.9. The molecule has 2 heterocycles. The number of hydrogen-bond acceptors (Lipinski definition) is 7. The maximum absolute atomic E-state index is 13.2. The molecule has 0 saturated carbocycles. The highest BCUT2D eigenvalue weighted by Gasteiger charge is 2.46. The molecule has 3 rings (SSSR count). The SMILES string of the molecule is CC(C)(C)[Si](C)(C)OC[C@H]1O[C@@H](n2cc(CO)c(NC(=O)c3ccccc3)nc2=O)C[C@@H]1O[Si](C)(C)C(C)(C)C. The summed E-state index contributed by atoms with van der Waals surface area (Å²) in [5.41, 5.74) is 0.157. The summed E-state index contributed by atoms with van der Waals surface area (Å²) in [5.74, 6) is -0.384. The second-order valence-electron chi connectivity index (χ2n) is 13.6. The van der Waals surface area contributed by atoms with Crippen molar-refractivity contribution >= 4 is 28.4 Å². The zero-order valence-corrected chi connectivity index (χ0v) is 27.7. The quantitative estimate of drug-likeness (QED) is 0.362. The van der Waals surface area contributed by atoms with Gasteiger partial charge in [0.15, 0.2) is 16.6 Å². The first-order valence-corrected chi connectivity index (χ1v) is 19.7. The topological polar surface area (TPSA) is 112 Å². The molecule has 1 aromatic heterocycles. The molecule has 0 bridgehead atoms. The van der Waals surface area contributed by atoms with E-state index in [1.54, 1.807) is 24.3 Å². The number of anilines is 1. The third kappa shape index (κ3) is 7.37. The van der Waals surface area contributed by atoms with Crippen molar-refractivity contribution in [3.05, 3.63) is 58.1 Å². The second kappa shape index (κ2) is 12.0. The summed E-state index contributed by atoms with van der Waals surface area (Å²) in [6.45, 7) is 21.9. The van der Waals surface area contributed by atoms with Crippen LogP contribution in [0.2, 0.25) is 36.3 Å². The molecule has 11 heteroatoms. The monoisotopic (exact) mass is 589 g/mol. The Morgan fingerprint density at radius 3 is 2.23 bits per heavy atom. The summed E-state index contributed by atoms with van der Waals surface area (Å²) in [4.78, 5) is 30.0. The highest BCUT2D eigenvalue weighted by atomic mass is 28.4. The minimum absolute atomic E-state index is 0.00299. The van der Waals surface area contributed by atoms with Crippen LogP contribution >= 0.6 is 0 Å². The molecule has 222 valence electrons. The number of benzene rings is 1. The Balaban J connectivity index is 1.89. The van der Waals surface area contributed by atoms with Crippen molar-refractivity contribution in [2.24, 2.45) is 0 Å². The van der Waals surface area contributed by atoms with E-state index in [9.17, 15) is 14.7 Å². The fourth-order valence-electron chi connectivity index (χ4n) is 3.92. The van der Waals surface area contributed by atoms with Crippen LogP contribution in [0.5, 0.6) is 0 Å². The molecule has 9 nitrogen and oxygen atoms in total. The largest absolute Gasteiger partial charge is 0.414 e. The van der Waals surface area contributed by atoms with Crippen molar-refractivity contribution in [2.75, 3.05) is 11.9 Å². The van der Waals surface area contributed by atoms with Gasteiger partial charge in [-0.15, -0.1) is 0 Å². The fourth-order valence-corrected chi connectivity index (χ4v) is 6.29. The van der Waals surface area contributed by atoms with E-state index in [2.05, 4.69) is 78.0 Å². The lowest BCUT2D eigenvalue weighted by atomic mass is 10.2. The van der Waals surface area contributed by atoms with Crippen LogP contribution in [0.4, 0.5) is 5.82 Å². The summed E-state index contributed by atoms with van der Waals surface area (Å²) >= 11 is 0. The number of amides is 1. The summed E-state index contributed by atoms with van der Waals surface area (Å²) in [6.07, 6.45) is 0.682. The lowest BCUT2D eigenvalue weighted by Gasteiger charge is -2.40. The Morgan fingerprint density at radius 2 is 1.68 bits per heavy atom. The van der Waals surface area contributed by atoms with Gasteiger partial charge in [0.25, 0.3) is 5.91 Å². The number of carbonyl (C=O) groups excluding carboxylic acids is 1. The summed E-state index contributed by atoms with van der Waals surface area (Å²) in [5, 5.41) is 12.8. The van der Waals surface area contributed by atoms with Crippen LogP contribution in [0.15, 0.2) is 41.3 Å². The third-order valence-corrected chi connectivity index (χ3v) is 17.6. The average Bonchev–Trinajstić information content (AvgIpc) is 3.23. The molecule has 1 fully saturated rings. The van der Waals surface area contributed by atoms with Gasteiger partial charge in [-0.05, 0) is 48.4 Å². The number of hydrogen-bond donors (Lipinski definition) is 2. The van der Waals surface area contributed by atoms with Crippen molar-refractivity contribution in [1.29, 1.82) is 0 Å². The third-order valence-electron chi connectivity index (χ3n) is 8.62. The van der Waals surface area contributed by atoms with Gasteiger partial charge in [-0.2, -0.15) is 4.98 Å². The molecule has 3 atom stereocenters. The number of nitrogens with one attached hydrogen (secondary N) is 1. The van der Waals surface area contributed by atoms with E-state index >= 15 is 0 Å². The Labute approximate surface area is 240 Å². The standard InChI is InChI=1S/C29H47N3O6Si2/c1-28(2,3)39(7,8)36-19-23-22(38-40(9,10)29(4,5)6)16-24(37-23)32-17-21(18-33)25(31-27(32)35)30-26(34)20-14-12-11-13-15-20/h11-15,17,22-24,33H,16,18-19H2,1-10H3,(H,30,31,34,35)/t22-,23+,24+/m0/s1. The van der Waals surface area contributed by atoms with Gasteiger partial charge in [0.05, 0.1) is 19.3 Å². The Bertz CT molecular complexity index is 1240. The van der Waals surface area contributed by atoms with Crippen molar-refractivity contribution < 1.29 is 23.5 Å². The van der Waals surface area contributed by atoms with Crippen LogP contribution in [0.25, 0.3) is 0 Å². The van der Waals surface area contributed by atoms with Gasteiger partial charge in [-0.1, -0.05) is 59.7 Å². The molecule has 40 heavy (non-hydrogen) atoms. The van der Waals surface area contributed by atoms with Crippen LogP contribution in [-0.2, 0) is 20.2 Å². The summed E-state index contributed by atoms with van der Waals surface area (Å²) < 4.78 is 21.2. The maximum atomic E-state index is 13.2. The van der Waals surface area contributed by atoms with E-state index in [1.165, 1.54) is 10.8 Å². The van der Waals surface area contributed by atoms with Gasteiger partial charge >= 0.3 is 5.69 Å². The van der Waals surface area contributed by atoms with Crippen molar-refractivity contribution in [1.82, 2.24) is 9.55 Å². The van der Waals surface area contributed by atoms with E-state index in [0.717, 1.165) is 0 Å². The maximum Gasteiger partial charge on any atom is 0.351 e. The molecule has 1 aromatic carbocycles. The minimum atomic E-state index is -2.16. The molecular formula is C29H47N3O6Si2. The van der Waals surface area contributed by atoms with E-state index in [-0.39, 0.29) is 28.1 Å². The molecule has 0 spiro atoms. The lowest BCUT2D eigenvalue weighted by molar-refractivity contribution is -0.0413. The van der Waals surface area contributed by atoms with Crippen LogP contribution in [0.1, 0.15) is 70.1 Å². The van der Waals surface area contributed by atoms with Gasteiger partial charge in [0, 0.05) is 23.7 Å². The highest BCUT2D eigenvalue weighted by molar-refractivity contribution is 6.74. The number of aliphatic hydroxyl groups is 1. The zero-order chi connectivity index (χ0) is 30.1. The van der Waals surface area contributed by atoms with E-state index < -0.39 is 41.1 Å². The van der Waals surface area contributed by atoms with Crippen molar-refractivity contribution in [2.45, 2.75) is 109 Å². The van der Waals surface area contributed by atoms with Gasteiger partial charge in [-0.25, -0.2) is 4.79 Å². The lowest BCUT2D eigenvalue weighted by Crippen LogP contribution is -2.48. The van der Waals surface area contributed by atoms with Crippen LogP contribution in [0.3, 0.4) is 0 Å². The number of carbonyl (C=O) groups is 1.